The Morgan fingerprint density at radius 1 is 1.17 bits per heavy atom. The number of ether oxygens (including phenoxy) is 1. The van der Waals surface area contributed by atoms with Gasteiger partial charge in [0.15, 0.2) is 0 Å². The Morgan fingerprint density at radius 2 is 1.97 bits per heavy atom. The number of nitrogens with one attached hydrogen (secondary N) is 2. The van der Waals surface area contributed by atoms with Crippen LogP contribution in [-0.4, -0.2) is 41.9 Å². The lowest BCUT2D eigenvalue weighted by molar-refractivity contribution is -0.134. The van der Waals surface area contributed by atoms with Crippen LogP contribution >= 0.6 is 0 Å². The number of methoxy groups -OCH3 is 1. The Hall–Kier alpha value is -3.28. The van der Waals surface area contributed by atoms with E-state index in [4.69, 9.17) is 4.74 Å². The van der Waals surface area contributed by atoms with Crippen LogP contribution in [0.5, 0.6) is 5.75 Å². The van der Waals surface area contributed by atoms with Gasteiger partial charge in [0.1, 0.15) is 5.75 Å². The second kappa shape index (κ2) is 9.03. The first kappa shape index (κ1) is 20.0. The van der Waals surface area contributed by atoms with Gasteiger partial charge in [-0.1, -0.05) is 18.2 Å². The molecule has 1 aliphatic heterocycles. The van der Waals surface area contributed by atoms with Crippen molar-refractivity contribution in [1.29, 1.82) is 0 Å². The van der Waals surface area contributed by atoms with Gasteiger partial charge < -0.3 is 19.9 Å². The maximum atomic E-state index is 12.8. The van der Waals surface area contributed by atoms with E-state index >= 15 is 0 Å². The summed E-state index contributed by atoms with van der Waals surface area (Å²) in [7, 11) is 1.61. The largest absolute Gasteiger partial charge is 0.497 e. The van der Waals surface area contributed by atoms with Gasteiger partial charge >= 0.3 is 0 Å². The number of anilines is 1. The summed E-state index contributed by atoms with van der Waals surface area (Å²) in [5.74, 6) is 0.645. The molecule has 0 aliphatic carbocycles. The van der Waals surface area contributed by atoms with E-state index in [1.807, 2.05) is 53.6 Å². The molecule has 1 saturated heterocycles. The van der Waals surface area contributed by atoms with Crippen molar-refractivity contribution < 1.29 is 14.3 Å². The fourth-order valence-electron chi connectivity index (χ4n) is 4.07. The van der Waals surface area contributed by atoms with Crippen molar-refractivity contribution in [1.82, 2.24) is 9.88 Å². The van der Waals surface area contributed by atoms with E-state index in [0.29, 0.717) is 19.4 Å². The molecular weight excluding hydrogens is 378 g/mol. The van der Waals surface area contributed by atoms with Gasteiger partial charge in [-0.2, -0.15) is 0 Å². The number of aromatic amines is 1. The van der Waals surface area contributed by atoms with Gasteiger partial charge in [0.05, 0.1) is 13.0 Å². The Morgan fingerprint density at radius 3 is 2.77 bits per heavy atom. The lowest BCUT2D eigenvalue weighted by atomic mass is 9.96. The zero-order valence-corrected chi connectivity index (χ0v) is 17.2. The lowest BCUT2D eigenvalue weighted by Gasteiger charge is -2.32. The minimum Gasteiger partial charge on any atom is -0.497 e. The maximum Gasteiger partial charge on any atom is 0.229 e. The van der Waals surface area contributed by atoms with Gasteiger partial charge in [-0.15, -0.1) is 0 Å². The number of carbonyl (C=O) groups is 2. The minimum absolute atomic E-state index is 0.0331. The van der Waals surface area contributed by atoms with Crippen molar-refractivity contribution in [3.05, 3.63) is 60.3 Å². The minimum atomic E-state index is -0.183. The van der Waals surface area contributed by atoms with Crippen molar-refractivity contribution in [3.63, 3.8) is 0 Å². The molecule has 0 unspecified atom stereocenters. The van der Waals surface area contributed by atoms with Gasteiger partial charge in [-0.3, -0.25) is 9.59 Å². The van der Waals surface area contributed by atoms with Crippen LogP contribution in [0.1, 0.15) is 24.8 Å². The molecule has 0 saturated carbocycles. The van der Waals surface area contributed by atoms with Crippen LogP contribution in [0, 0.1) is 5.92 Å². The molecule has 0 spiro atoms. The number of likely N-dealkylation sites (tertiary alicyclic amines) is 1. The molecular formula is C24H27N3O3. The first-order valence-corrected chi connectivity index (χ1v) is 10.4. The van der Waals surface area contributed by atoms with E-state index in [-0.39, 0.29) is 17.7 Å². The van der Waals surface area contributed by atoms with Gasteiger partial charge in [-0.05, 0) is 55.2 Å². The molecule has 6 heteroatoms. The van der Waals surface area contributed by atoms with Crippen LogP contribution in [0.15, 0.2) is 54.7 Å². The molecule has 30 heavy (non-hydrogen) atoms. The van der Waals surface area contributed by atoms with E-state index in [9.17, 15) is 9.59 Å². The van der Waals surface area contributed by atoms with Crippen molar-refractivity contribution in [2.24, 2.45) is 5.92 Å². The zero-order chi connectivity index (χ0) is 20.9. The number of carbonyl (C=O) groups excluding carboxylic acids is 2. The maximum absolute atomic E-state index is 12.8. The van der Waals surface area contributed by atoms with Crippen LogP contribution in [0.2, 0.25) is 0 Å². The average Bonchev–Trinajstić information content (AvgIpc) is 3.21. The molecule has 3 aromatic rings. The van der Waals surface area contributed by atoms with Gasteiger partial charge in [0.25, 0.3) is 0 Å². The second-order valence-corrected chi connectivity index (χ2v) is 7.76. The quantitative estimate of drug-likeness (QED) is 0.651. The Balaban J connectivity index is 1.32. The summed E-state index contributed by atoms with van der Waals surface area (Å²) in [6, 6.07) is 15.4. The number of rotatable bonds is 6. The van der Waals surface area contributed by atoms with E-state index in [1.54, 1.807) is 7.11 Å². The topological polar surface area (TPSA) is 74.4 Å². The molecule has 1 aromatic heterocycles. The fraction of sp³-hybridized carbons (Fsp3) is 0.333. The Kier molecular flexibility index (Phi) is 6.02. The summed E-state index contributed by atoms with van der Waals surface area (Å²) in [6.07, 6.45) is 4.78. The number of fused-ring (bicyclic) bond motifs is 1. The second-order valence-electron chi connectivity index (χ2n) is 7.76. The van der Waals surface area contributed by atoms with Crippen molar-refractivity contribution in [3.8, 4) is 5.75 Å². The molecule has 0 radical (unpaired) electrons. The number of aromatic nitrogens is 1. The highest BCUT2D eigenvalue weighted by molar-refractivity contribution is 5.93. The number of para-hydroxylation sites is 1. The Labute approximate surface area is 176 Å². The number of benzene rings is 2. The first-order chi connectivity index (χ1) is 14.6. The van der Waals surface area contributed by atoms with Crippen LogP contribution in [0.3, 0.4) is 0 Å². The fourth-order valence-corrected chi connectivity index (χ4v) is 4.07. The van der Waals surface area contributed by atoms with Crippen molar-refractivity contribution in [2.45, 2.75) is 25.7 Å². The molecule has 2 amide bonds. The normalized spacial score (nSPS) is 16.4. The summed E-state index contributed by atoms with van der Waals surface area (Å²) in [5, 5.41) is 4.13. The molecule has 2 heterocycles. The van der Waals surface area contributed by atoms with Crippen molar-refractivity contribution in [2.75, 3.05) is 25.5 Å². The number of amides is 2. The highest BCUT2D eigenvalue weighted by Crippen LogP contribution is 2.23. The number of nitrogens with zero attached hydrogens (tertiary/aromatic N) is 1. The molecule has 1 atom stereocenters. The lowest BCUT2D eigenvalue weighted by Crippen LogP contribution is -2.43. The van der Waals surface area contributed by atoms with Crippen LogP contribution in [0.25, 0.3) is 10.9 Å². The predicted molar refractivity (Wildman–Crippen MR) is 118 cm³/mol. The van der Waals surface area contributed by atoms with E-state index < -0.39 is 0 Å². The third-order valence-electron chi connectivity index (χ3n) is 5.79. The summed E-state index contributed by atoms with van der Waals surface area (Å²) in [4.78, 5) is 30.6. The average molecular weight is 405 g/mol. The van der Waals surface area contributed by atoms with Gasteiger partial charge in [0, 0.05) is 42.3 Å². The predicted octanol–water partition coefficient (Wildman–Crippen LogP) is 3.99. The number of piperidine rings is 1. The SMILES string of the molecule is COc1ccc(NC(=O)[C@H]2CCCN(C(=O)CCc3c[nH]c4ccccc34)C2)cc1. The molecule has 2 aromatic carbocycles. The summed E-state index contributed by atoms with van der Waals surface area (Å²) in [6.45, 7) is 1.20. The Bertz CT molecular complexity index is 1030. The smallest absolute Gasteiger partial charge is 0.229 e. The van der Waals surface area contributed by atoms with Gasteiger partial charge in [-0.25, -0.2) is 0 Å². The highest BCUT2D eigenvalue weighted by Gasteiger charge is 2.28. The van der Waals surface area contributed by atoms with Crippen LogP contribution in [0.4, 0.5) is 5.69 Å². The molecule has 6 nitrogen and oxygen atoms in total. The van der Waals surface area contributed by atoms with Crippen LogP contribution in [-0.2, 0) is 16.0 Å². The van der Waals surface area contributed by atoms with E-state index in [1.165, 1.54) is 5.39 Å². The highest BCUT2D eigenvalue weighted by atomic mass is 16.5. The van der Waals surface area contributed by atoms with Crippen molar-refractivity contribution >= 4 is 28.4 Å². The molecule has 1 fully saturated rings. The third kappa shape index (κ3) is 4.48. The molecule has 1 aliphatic rings. The van der Waals surface area contributed by atoms with E-state index in [2.05, 4.69) is 16.4 Å². The number of hydrogen-bond acceptors (Lipinski definition) is 3. The number of hydrogen-bond donors (Lipinski definition) is 2. The molecule has 156 valence electrons. The number of aryl methyl sites for hydroxylation is 1. The van der Waals surface area contributed by atoms with Crippen LogP contribution < -0.4 is 10.1 Å². The zero-order valence-electron chi connectivity index (χ0n) is 17.2. The summed E-state index contributed by atoms with van der Waals surface area (Å²) >= 11 is 0. The summed E-state index contributed by atoms with van der Waals surface area (Å²) in [5.41, 5.74) is 2.99. The summed E-state index contributed by atoms with van der Waals surface area (Å²) < 4.78 is 5.15. The molecule has 4 rings (SSSR count). The first-order valence-electron chi connectivity index (χ1n) is 10.4. The van der Waals surface area contributed by atoms with E-state index in [0.717, 1.165) is 41.9 Å². The molecule has 0 bridgehead atoms. The number of H-pyrrole nitrogens is 1. The van der Waals surface area contributed by atoms with Gasteiger partial charge in [0.2, 0.25) is 11.8 Å². The third-order valence-corrected chi connectivity index (χ3v) is 5.79. The monoisotopic (exact) mass is 405 g/mol. The molecule has 2 N–H and O–H groups in total. The standard InChI is InChI=1S/C24H27N3O3/c1-30-20-11-9-19(10-12-20)26-24(29)18-5-4-14-27(16-18)23(28)13-8-17-15-25-22-7-3-2-6-21(17)22/h2-3,6-7,9-12,15,18,25H,4-5,8,13-14,16H2,1H3,(H,26,29)/t18-/m0/s1.